The molecule has 0 aromatic carbocycles. The first-order valence-corrected chi connectivity index (χ1v) is 5.14. The highest BCUT2D eigenvalue weighted by molar-refractivity contribution is 5.73. The second kappa shape index (κ2) is 4.61. The molecule has 3 heteroatoms. The Morgan fingerprint density at radius 3 is 2.92 bits per heavy atom. The van der Waals surface area contributed by atoms with E-state index in [9.17, 15) is 4.79 Å². The largest absolute Gasteiger partial charge is 0.352 e. The van der Waals surface area contributed by atoms with Gasteiger partial charge in [0.2, 0.25) is 5.91 Å². The van der Waals surface area contributed by atoms with Gasteiger partial charge in [0.25, 0.3) is 0 Å². The standard InChI is InChI=1S/C10H20N2O/c1-4-8(2)12-6-5-10(7-12)11-9(3)13/h8,10H,4-7H2,1-3H3,(H,11,13). The van der Waals surface area contributed by atoms with Crippen molar-refractivity contribution in [1.29, 1.82) is 0 Å². The van der Waals surface area contributed by atoms with Gasteiger partial charge in [-0.15, -0.1) is 0 Å². The van der Waals surface area contributed by atoms with E-state index in [0.29, 0.717) is 12.1 Å². The summed E-state index contributed by atoms with van der Waals surface area (Å²) in [5, 5.41) is 2.97. The van der Waals surface area contributed by atoms with Crippen LogP contribution in [0.15, 0.2) is 0 Å². The fraction of sp³-hybridized carbons (Fsp3) is 0.900. The number of nitrogens with one attached hydrogen (secondary N) is 1. The molecule has 0 aromatic rings. The molecule has 1 aliphatic heterocycles. The first kappa shape index (κ1) is 10.5. The molecule has 2 atom stereocenters. The van der Waals surface area contributed by atoms with E-state index < -0.39 is 0 Å². The maximum Gasteiger partial charge on any atom is 0.217 e. The first-order valence-electron chi connectivity index (χ1n) is 5.14. The molecule has 3 nitrogen and oxygen atoms in total. The minimum absolute atomic E-state index is 0.0935. The molecule has 0 saturated carbocycles. The van der Waals surface area contributed by atoms with Crippen molar-refractivity contribution >= 4 is 5.91 Å². The lowest BCUT2D eigenvalue weighted by molar-refractivity contribution is -0.119. The second-order valence-corrected chi connectivity index (χ2v) is 3.94. The Bertz CT molecular complexity index is 182. The third-order valence-corrected chi connectivity index (χ3v) is 2.84. The van der Waals surface area contributed by atoms with Crippen LogP contribution in [0.3, 0.4) is 0 Å². The third kappa shape index (κ3) is 2.99. The molecule has 1 aliphatic rings. The molecule has 0 radical (unpaired) electrons. The van der Waals surface area contributed by atoms with Gasteiger partial charge in [-0.3, -0.25) is 9.69 Å². The molecule has 1 rings (SSSR count). The summed E-state index contributed by atoms with van der Waals surface area (Å²) in [5.74, 6) is 0.0935. The van der Waals surface area contributed by atoms with Crippen LogP contribution in [0.1, 0.15) is 33.6 Å². The summed E-state index contributed by atoms with van der Waals surface area (Å²) in [6, 6.07) is 1.03. The van der Waals surface area contributed by atoms with Crippen molar-refractivity contribution in [3.05, 3.63) is 0 Å². The molecule has 1 fully saturated rings. The van der Waals surface area contributed by atoms with Gasteiger partial charge in [-0.05, 0) is 19.8 Å². The van der Waals surface area contributed by atoms with Crippen LogP contribution < -0.4 is 5.32 Å². The number of likely N-dealkylation sites (tertiary alicyclic amines) is 1. The number of nitrogens with zero attached hydrogens (tertiary/aromatic N) is 1. The summed E-state index contributed by atoms with van der Waals surface area (Å²) >= 11 is 0. The number of hydrogen-bond acceptors (Lipinski definition) is 2. The number of amides is 1. The summed E-state index contributed by atoms with van der Waals surface area (Å²) in [6.45, 7) is 8.19. The molecular weight excluding hydrogens is 164 g/mol. The summed E-state index contributed by atoms with van der Waals surface area (Å²) in [4.78, 5) is 13.3. The van der Waals surface area contributed by atoms with Crippen molar-refractivity contribution in [1.82, 2.24) is 10.2 Å². The van der Waals surface area contributed by atoms with Crippen molar-refractivity contribution < 1.29 is 4.79 Å². The van der Waals surface area contributed by atoms with E-state index in [2.05, 4.69) is 24.1 Å². The van der Waals surface area contributed by atoms with Crippen LogP contribution >= 0.6 is 0 Å². The van der Waals surface area contributed by atoms with Gasteiger partial charge < -0.3 is 5.32 Å². The topological polar surface area (TPSA) is 32.3 Å². The average Bonchev–Trinajstić information content (AvgIpc) is 2.50. The number of hydrogen-bond donors (Lipinski definition) is 1. The Morgan fingerprint density at radius 1 is 1.69 bits per heavy atom. The van der Waals surface area contributed by atoms with Crippen molar-refractivity contribution in [3.63, 3.8) is 0 Å². The highest BCUT2D eigenvalue weighted by Gasteiger charge is 2.25. The van der Waals surface area contributed by atoms with Gasteiger partial charge in [-0.25, -0.2) is 0 Å². The maximum atomic E-state index is 10.8. The van der Waals surface area contributed by atoms with Gasteiger partial charge in [0.1, 0.15) is 0 Å². The van der Waals surface area contributed by atoms with Crippen LogP contribution in [0.2, 0.25) is 0 Å². The van der Waals surface area contributed by atoms with E-state index in [1.54, 1.807) is 6.92 Å². The molecule has 1 amide bonds. The molecule has 76 valence electrons. The van der Waals surface area contributed by atoms with E-state index in [4.69, 9.17) is 0 Å². The van der Waals surface area contributed by atoms with E-state index in [0.717, 1.165) is 19.5 Å². The minimum Gasteiger partial charge on any atom is -0.352 e. The smallest absolute Gasteiger partial charge is 0.217 e. The van der Waals surface area contributed by atoms with Gasteiger partial charge >= 0.3 is 0 Å². The van der Waals surface area contributed by atoms with Gasteiger partial charge in [0, 0.05) is 32.1 Å². The average molecular weight is 184 g/mol. The van der Waals surface area contributed by atoms with Gasteiger partial charge in [-0.2, -0.15) is 0 Å². The predicted octanol–water partition coefficient (Wildman–Crippen LogP) is 0.995. The fourth-order valence-electron chi connectivity index (χ4n) is 1.85. The van der Waals surface area contributed by atoms with E-state index in [1.807, 2.05) is 0 Å². The minimum atomic E-state index is 0.0935. The Morgan fingerprint density at radius 2 is 2.38 bits per heavy atom. The molecule has 0 aliphatic carbocycles. The second-order valence-electron chi connectivity index (χ2n) is 3.94. The molecule has 0 spiro atoms. The summed E-state index contributed by atoms with van der Waals surface area (Å²) in [6.07, 6.45) is 2.29. The van der Waals surface area contributed by atoms with Crippen molar-refractivity contribution in [2.45, 2.75) is 45.7 Å². The van der Waals surface area contributed by atoms with Crippen LogP contribution in [0.5, 0.6) is 0 Å². The van der Waals surface area contributed by atoms with Crippen molar-refractivity contribution in [2.24, 2.45) is 0 Å². The summed E-state index contributed by atoms with van der Waals surface area (Å²) in [5.41, 5.74) is 0. The lowest BCUT2D eigenvalue weighted by Crippen LogP contribution is -2.37. The zero-order valence-electron chi connectivity index (χ0n) is 8.84. The van der Waals surface area contributed by atoms with Crippen LogP contribution in [0.4, 0.5) is 0 Å². The van der Waals surface area contributed by atoms with Crippen LogP contribution in [0.25, 0.3) is 0 Å². The third-order valence-electron chi connectivity index (χ3n) is 2.84. The Kier molecular flexibility index (Phi) is 3.72. The number of carbonyl (C=O) groups excluding carboxylic acids is 1. The maximum absolute atomic E-state index is 10.8. The quantitative estimate of drug-likeness (QED) is 0.709. The molecule has 1 saturated heterocycles. The van der Waals surface area contributed by atoms with Crippen LogP contribution in [-0.2, 0) is 4.79 Å². The van der Waals surface area contributed by atoms with Gasteiger partial charge in [-0.1, -0.05) is 6.92 Å². The normalized spacial score (nSPS) is 25.9. The zero-order valence-corrected chi connectivity index (χ0v) is 8.84. The highest BCUT2D eigenvalue weighted by Crippen LogP contribution is 2.14. The van der Waals surface area contributed by atoms with Gasteiger partial charge in [0.15, 0.2) is 0 Å². The highest BCUT2D eigenvalue weighted by atomic mass is 16.1. The van der Waals surface area contributed by atoms with E-state index in [1.165, 1.54) is 6.42 Å². The zero-order chi connectivity index (χ0) is 9.84. The van der Waals surface area contributed by atoms with Crippen LogP contribution in [0, 0.1) is 0 Å². The molecule has 13 heavy (non-hydrogen) atoms. The molecular formula is C10H20N2O. The lowest BCUT2D eigenvalue weighted by Gasteiger charge is -2.22. The summed E-state index contributed by atoms with van der Waals surface area (Å²) < 4.78 is 0. The molecule has 0 aromatic heterocycles. The molecule has 1 heterocycles. The Balaban J connectivity index is 2.31. The SMILES string of the molecule is CCC(C)N1CCC(NC(C)=O)C1. The monoisotopic (exact) mass is 184 g/mol. The number of rotatable bonds is 3. The van der Waals surface area contributed by atoms with Crippen molar-refractivity contribution in [2.75, 3.05) is 13.1 Å². The molecule has 1 N–H and O–H groups in total. The Labute approximate surface area is 80.5 Å². The molecule has 0 bridgehead atoms. The summed E-state index contributed by atoms with van der Waals surface area (Å²) in [7, 11) is 0. The lowest BCUT2D eigenvalue weighted by atomic mass is 10.2. The van der Waals surface area contributed by atoms with Gasteiger partial charge in [0.05, 0.1) is 0 Å². The Hall–Kier alpha value is -0.570. The number of carbonyl (C=O) groups is 1. The van der Waals surface area contributed by atoms with Crippen molar-refractivity contribution in [3.8, 4) is 0 Å². The molecule has 2 unspecified atom stereocenters. The van der Waals surface area contributed by atoms with E-state index >= 15 is 0 Å². The van der Waals surface area contributed by atoms with E-state index in [-0.39, 0.29) is 5.91 Å². The fourth-order valence-corrected chi connectivity index (χ4v) is 1.85. The predicted molar refractivity (Wildman–Crippen MR) is 53.5 cm³/mol. The first-order chi connectivity index (χ1) is 6.13. The van der Waals surface area contributed by atoms with Crippen LogP contribution in [-0.4, -0.2) is 36.0 Å².